The van der Waals surface area contributed by atoms with Crippen molar-refractivity contribution >= 4 is 17.9 Å². The van der Waals surface area contributed by atoms with E-state index in [4.69, 9.17) is 9.47 Å². The van der Waals surface area contributed by atoms with Crippen molar-refractivity contribution in [1.29, 1.82) is 0 Å². The molecular weight excluding hydrogens is 400 g/mol. The van der Waals surface area contributed by atoms with Gasteiger partial charge in [-0.1, -0.05) is 32.4 Å². The molecule has 4 aliphatic carbocycles. The molecule has 0 saturated heterocycles. The summed E-state index contributed by atoms with van der Waals surface area (Å²) < 4.78 is 10.6. The highest BCUT2D eigenvalue weighted by Gasteiger charge is 2.71. The largest absolute Gasteiger partial charge is 0.509 e. The maximum atomic E-state index is 12.5. The van der Waals surface area contributed by atoms with Gasteiger partial charge in [-0.15, -0.1) is 0 Å². The number of aliphatic hydroxyl groups is 1. The van der Waals surface area contributed by atoms with Gasteiger partial charge in [0.15, 0.2) is 5.78 Å². The molecular formula is C24H32O7. The maximum Gasteiger partial charge on any atom is 0.509 e. The second-order valence-electron chi connectivity index (χ2n) is 10.1. The molecule has 3 saturated carbocycles. The zero-order chi connectivity index (χ0) is 22.6. The Balaban J connectivity index is 1.69. The van der Waals surface area contributed by atoms with Crippen LogP contribution >= 0.6 is 0 Å². The van der Waals surface area contributed by atoms with Gasteiger partial charge >= 0.3 is 12.1 Å². The predicted molar refractivity (Wildman–Crippen MR) is 111 cm³/mol. The maximum absolute atomic E-state index is 12.5. The van der Waals surface area contributed by atoms with Gasteiger partial charge in [-0.3, -0.25) is 4.79 Å². The van der Waals surface area contributed by atoms with Gasteiger partial charge in [0.1, 0.15) is 0 Å². The van der Waals surface area contributed by atoms with Gasteiger partial charge < -0.3 is 19.7 Å². The number of rotatable bonds is 4. The third-order valence-corrected chi connectivity index (χ3v) is 8.64. The van der Waals surface area contributed by atoms with E-state index in [1.165, 1.54) is 0 Å². The van der Waals surface area contributed by atoms with E-state index in [1.807, 2.05) is 19.9 Å². The van der Waals surface area contributed by atoms with Crippen molar-refractivity contribution in [1.82, 2.24) is 0 Å². The molecule has 0 aromatic rings. The smallest absolute Gasteiger partial charge is 0.478 e. The molecule has 0 heterocycles. The Kier molecular flexibility index (Phi) is 5.31. The Labute approximate surface area is 182 Å². The lowest BCUT2D eigenvalue weighted by atomic mass is 9.46. The number of allylic oxidation sites excluding steroid dienone is 4. The van der Waals surface area contributed by atoms with E-state index in [0.29, 0.717) is 12.8 Å². The number of carbonyl (C=O) groups is 3. The summed E-state index contributed by atoms with van der Waals surface area (Å²) in [5.41, 5.74) is -2.00. The average molecular weight is 433 g/mol. The van der Waals surface area contributed by atoms with Crippen LogP contribution in [0.4, 0.5) is 4.79 Å². The Bertz CT molecular complexity index is 860. The van der Waals surface area contributed by atoms with Crippen LogP contribution in [0.2, 0.25) is 0 Å². The number of hydrogen-bond acceptors (Lipinski definition) is 6. The number of ketones is 1. The third-order valence-electron chi connectivity index (χ3n) is 8.64. The zero-order valence-electron chi connectivity index (χ0n) is 18.4. The van der Waals surface area contributed by atoms with Crippen LogP contribution in [0, 0.1) is 28.6 Å². The van der Waals surface area contributed by atoms with Gasteiger partial charge in [0.2, 0.25) is 5.60 Å². The van der Waals surface area contributed by atoms with Gasteiger partial charge in [0.25, 0.3) is 0 Å². The number of carbonyl (C=O) groups excluding carboxylic acids is 2. The van der Waals surface area contributed by atoms with E-state index < -0.39 is 34.7 Å². The SMILES string of the molecule is CCCOC(=O)O[C@]1(C(=O)O)CC[C@H]2[C@@H]3CCC4=CC(=O)C=C[C@]4(C)[C@H]3[C@@H](O)C[C@@]21C. The van der Waals surface area contributed by atoms with Crippen LogP contribution in [0.25, 0.3) is 0 Å². The molecule has 3 fully saturated rings. The highest BCUT2D eigenvalue weighted by molar-refractivity contribution is 6.01. The fraction of sp³-hybridized carbons (Fsp3) is 0.708. The molecule has 7 heteroatoms. The van der Waals surface area contributed by atoms with Gasteiger partial charge in [-0.25, -0.2) is 9.59 Å². The van der Waals surface area contributed by atoms with Crippen molar-refractivity contribution in [3.8, 4) is 0 Å². The van der Waals surface area contributed by atoms with E-state index in [9.17, 15) is 24.6 Å². The predicted octanol–water partition coefficient (Wildman–Crippen LogP) is 3.65. The quantitative estimate of drug-likeness (QED) is 0.653. The number of carboxylic acids is 1. The molecule has 0 radical (unpaired) electrons. The summed E-state index contributed by atoms with van der Waals surface area (Å²) in [7, 11) is 0. The molecule has 0 aromatic carbocycles. The topological polar surface area (TPSA) is 110 Å². The van der Waals surface area contributed by atoms with Gasteiger partial charge in [0.05, 0.1) is 12.7 Å². The number of aliphatic hydroxyl groups excluding tert-OH is 1. The molecule has 0 spiro atoms. The zero-order valence-corrected chi connectivity index (χ0v) is 18.4. The van der Waals surface area contributed by atoms with E-state index in [2.05, 4.69) is 6.92 Å². The summed E-state index contributed by atoms with van der Waals surface area (Å²) in [5, 5.41) is 21.6. The van der Waals surface area contributed by atoms with Crippen LogP contribution in [0.5, 0.6) is 0 Å². The first-order valence-corrected chi connectivity index (χ1v) is 11.3. The van der Waals surface area contributed by atoms with Crippen LogP contribution < -0.4 is 0 Å². The molecule has 0 amide bonds. The van der Waals surface area contributed by atoms with Crippen molar-refractivity contribution in [2.45, 2.75) is 71.0 Å². The van der Waals surface area contributed by atoms with Gasteiger partial charge in [-0.05, 0) is 62.5 Å². The minimum absolute atomic E-state index is 0.0135. The minimum Gasteiger partial charge on any atom is -0.478 e. The first-order chi connectivity index (χ1) is 14.6. The number of fused-ring (bicyclic) bond motifs is 5. The summed E-state index contributed by atoms with van der Waals surface area (Å²) in [6.07, 6.45) is 6.62. The summed E-state index contributed by atoms with van der Waals surface area (Å²) in [6, 6.07) is 0. The van der Waals surface area contributed by atoms with E-state index in [1.54, 1.807) is 12.2 Å². The van der Waals surface area contributed by atoms with Crippen molar-refractivity contribution in [3.05, 3.63) is 23.8 Å². The molecule has 4 aliphatic rings. The highest BCUT2D eigenvalue weighted by atomic mass is 16.7. The molecule has 4 rings (SSSR count). The number of carboxylic acid groups (broad SMARTS) is 1. The van der Waals surface area contributed by atoms with E-state index >= 15 is 0 Å². The minimum atomic E-state index is -1.72. The molecule has 7 nitrogen and oxygen atoms in total. The fourth-order valence-electron chi connectivity index (χ4n) is 7.23. The molecule has 0 aromatic heterocycles. The standard InChI is InChI=1S/C24H32O7/c1-4-11-30-21(29)31-24(20(27)28)10-8-17-16-6-5-14-12-15(25)7-9-22(14,2)19(16)18(26)13-23(17,24)3/h7,9,12,16-19,26H,4-6,8,10-11,13H2,1-3H3,(H,27,28)/t16-,17-,18-,19+,22-,23-,24-/m0/s1. The van der Waals surface area contributed by atoms with Crippen molar-refractivity contribution in [2.75, 3.05) is 6.61 Å². The summed E-state index contributed by atoms with van der Waals surface area (Å²) in [6.45, 7) is 5.94. The Morgan fingerprint density at radius 2 is 2.00 bits per heavy atom. The highest BCUT2D eigenvalue weighted by Crippen LogP contribution is 2.67. The lowest BCUT2D eigenvalue weighted by molar-refractivity contribution is -0.196. The molecule has 0 bridgehead atoms. The molecule has 2 N–H and O–H groups in total. The normalized spacial score (nSPS) is 43.4. The van der Waals surface area contributed by atoms with Crippen LogP contribution in [0.1, 0.15) is 59.3 Å². The number of ether oxygens (including phenoxy) is 2. The van der Waals surface area contributed by atoms with Crippen LogP contribution in [0.15, 0.2) is 23.8 Å². The first-order valence-electron chi connectivity index (χ1n) is 11.3. The first kappa shape index (κ1) is 22.1. The van der Waals surface area contributed by atoms with Crippen molar-refractivity contribution in [2.24, 2.45) is 28.6 Å². The second kappa shape index (κ2) is 7.47. The monoisotopic (exact) mass is 432 g/mol. The summed E-state index contributed by atoms with van der Waals surface area (Å²) in [5.74, 6) is -1.25. The molecule has 31 heavy (non-hydrogen) atoms. The molecule has 7 atom stereocenters. The number of hydrogen-bond donors (Lipinski definition) is 2. The van der Waals surface area contributed by atoms with Crippen molar-refractivity contribution in [3.63, 3.8) is 0 Å². The number of aliphatic carboxylic acids is 1. The van der Waals surface area contributed by atoms with Crippen LogP contribution in [-0.2, 0) is 19.1 Å². The van der Waals surface area contributed by atoms with E-state index in [-0.39, 0.29) is 43.0 Å². The van der Waals surface area contributed by atoms with E-state index in [0.717, 1.165) is 18.4 Å². The van der Waals surface area contributed by atoms with Crippen LogP contribution in [-0.4, -0.2) is 46.4 Å². The Morgan fingerprint density at radius 1 is 1.26 bits per heavy atom. The molecule has 0 aliphatic heterocycles. The average Bonchev–Trinajstić information content (AvgIpc) is 2.99. The lowest BCUT2D eigenvalue weighted by Crippen LogP contribution is -2.62. The molecule has 0 unspecified atom stereocenters. The van der Waals surface area contributed by atoms with Gasteiger partial charge in [-0.2, -0.15) is 0 Å². The summed E-state index contributed by atoms with van der Waals surface area (Å²) in [4.78, 5) is 36.7. The Hall–Kier alpha value is -2.15. The second-order valence-corrected chi connectivity index (χ2v) is 10.1. The molecule has 170 valence electrons. The fourth-order valence-corrected chi connectivity index (χ4v) is 7.23. The van der Waals surface area contributed by atoms with Gasteiger partial charge in [0, 0.05) is 16.7 Å². The lowest BCUT2D eigenvalue weighted by Gasteiger charge is -2.59. The summed E-state index contributed by atoms with van der Waals surface area (Å²) >= 11 is 0. The third kappa shape index (κ3) is 3.07. The van der Waals surface area contributed by atoms with Crippen LogP contribution in [0.3, 0.4) is 0 Å². The van der Waals surface area contributed by atoms with Crippen molar-refractivity contribution < 1.29 is 34.1 Å². The Morgan fingerprint density at radius 3 is 2.68 bits per heavy atom.